The van der Waals surface area contributed by atoms with Crippen LogP contribution in [0.15, 0.2) is 47.4 Å². The molecule has 2 aromatic rings. The molecule has 0 unspecified atom stereocenters. The predicted octanol–water partition coefficient (Wildman–Crippen LogP) is 2.50. The van der Waals surface area contributed by atoms with E-state index in [4.69, 9.17) is 11.6 Å². The monoisotopic (exact) mass is 452 g/mol. The number of nitro groups is 1. The summed E-state index contributed by atoms with van der Waals surface area (Å²) >= 11 is 5.90. The Kier molecular flexibility index (Phi) is 6.71. The summed E-state index contributed by atoms with van der Waals surface area (Å²) in [5.41, 5.74) is 0.706. The molecule has 0 aliphatic carbocycles. The van der Waals surface area contributed by atoms with Crippen LogP contribution in [0, 0.1) is 17.0 Å². The van der Waals surface area contributed by atoms with E-state index in [1.54, 1.807) is 25.1 Å². The van der Waals surface area contributed by atoms with Crippen LogP contribution < -0.4 is 5.32 Å². The fraction of sp³-hybridized carbons (Fsp3) is 0.316. The van der Waals surface area contributed by atoms with E-state index in [0.29, 0.717) is 29.4 Å². The van der Waals surface area contributed by atoms with Crippen LogP contribution >= 0.6 is 11.6 Å². The second-order valence-corrected chi connectivity index (χ2v) is 9.27. The average molecular weight is 453 g/mol. The average Bonchev–Trinajstić information content (AvgIpc) is 2.69. The molecule has 30 heavy (non-hydrogen) atoms. The van der Waals surface area contributed by atoms with Gasteiger partial charge in [-0.15, -0.1) is 0 Å². The number of nitrogens with zero attached hydrogens (tertiary/aromatic N) is 3. The van der Waals surface area contributed by atoms with Gasteiger partial charge in [0.05, 0.1) is 27.6 Å². The number of hydrogen-bond donors (Lipinski definition) is 1. The van der Waals surface area contributed by atoms with E-state index >= 15 is 0 Å². The maximum Gasteiger partial charge on any atom is 0.274 e. The number of rotatable bonds is 6. The lowest BCUT2D eigenvalue weighted by molar-refractivity contribution is -0.385. The molecule has 2 aromatic carbocycles. The Bertz CT molecular complexity index is 1070. The van der Waals surface area contributed by atoms with E-state index in [9.17, 15) is 23.3 Å². The number of anilines is 1. The zero-order valence-corrected chi connectivity index (χ0v) is 17.8. The second-order valence-electron chi connectivity index (χ2n) is 6.89. The van der Waals surface area contributed by atoms with Crippen molar-refractivity contribution in [2.75, 3.05) is 38.0 Å². The molecule has 9 nitrogen and oxygen atoms in total. The first kappa shape index (κ1) is 22.2. The molecule has 1 aliphatic rings. The van der Waals surface area contributed by atoms with Gasteiger partial charge < -0.3 is 5.32 Å². The van der Waals surface area contributed by atoms with Crippen LogP contribution in [0.3, 0.4) is 0 Å². The van der Waals surface area contributed by atoms with Gasteiger partial charge in [-0.05, 0) is 31.2 Å². The molecule has 160 valence electrons. The van der Waals surface area contributed by atoms with Gasteiger partial charge in [-0.3, -0.25) is 19.8 Å². The molecule has 1 N–H and O–H groups in total. The topological polar surface area (TPSA) is 113 Å². The number of carbonyl (C=O) groups is 1. The Hall–Kier alpha value is -2.53. The van der Waals surface area contributed by atoms with Crippen LogP contribution in [0.5, 0.6) is 0 Å². The minimum absolute atomic E-state index is 0.0624. The van der Waals surface area contributed by atoms with E-state index in [2.05, 4.69) is 5.32 Å². The summed E-state index contributed by atoms with van der Waals surface area (Å²) in [4.78, 5) is 24.9. The molecule has 1 aliphatic heterocycles. The van der Waals surface area contributed by atoms with E-state index in [1.807, 2.05) is 4.90 Å². The number of nitrogens with one attached hydrogen (secondary N) is 1. The molecule has 0 bridgehead atoms. The van der Waals surface area contributed by atoms with E-state index in [1.165, 1.54) is 28.6 Å². The molecule has 0 radical (unpaired) electrons. The van der Waals surface area contributed by atoms with E-state index < -0.39 is 14.9 Å². The molecule has 3 rings (SSSR count). The second kappa shape index (κ2) is 9.09. The summed E-state index contributed by atoms with van der Waals surface area (Å²) in [6.07, 6.45) is 0. The van der Waals surface area contributed by atoms with Gasteiger partial charge in [0, 0.05) is 37.3 Å². The fourth-order valence-electron chi connectivity index (χ4n) is 3.25. The van der Waals surface area contributed by atoms with E-state index in [-0.39, 0.29) is 36.1 Å². The highest BCUT2D eigenvalue weighted by molar-refractivity contribution is 7.89. The number of halogens is 1. The maximum absolute atomic E-state index is 12.7. The Morgan fingerprint density at radius 3 is 2.47 bits per heavy atom. The van der Waals surface area contributed by atoms with Gasteiger partial charge >= 0.3 is 0 Å². The molecule has 0 atom stereocenters. The third-order valence-electron chi connectivity index (χ3n) is 4.91. The van der Waals surface area contributed by atoms with Crippen LogP contribution in [0.2, 0.25) is 5.02 Å². The number of hydrogen-bond acceptors (Lipinski definition) is 6. The predicted molar refractivity (Wildman–Crippen MR) is 113 cm³/mol. The lowest BCUT2D eigenvalue weighted by Gasteiger charge is -2.33. The molecule has 1 saturated heterocycles. The highest BCUT2D eigenvalue weighted by Crippen LogP contribution is 2.25. The summed E-state index contributed by atoms with van der Waals surface area (Å²) in [6, 6.07) is 10.6. The largest absolute Gasteiger partial charge is 0.324 e. The van der Waals surface area contributed by atoms with Crippen molar-refractivity contribution in [3.8, 4) is 0 Å². The Morgan fingerprint density at radius 1 is 1.17 bits per heavy atom. The number of nitro benzene ring substituents is 1. The zero-order chi connectivity index (χ0) is 21.9. The number of piperazine rings is 1. The van der Waals surface area contributed by atoms with Crippen LogP contribution in [0.4, 0.5) is 11.4 Å². The quantitative estimate of drug-likeness (QED) is 0.532. The number of sulfonamides is 1. The summed E-state index contributed by atoms with van der Waals surface area (Å²) in [7, 11) is -3.65. The van der Waals surface area contributed by atoms with Crippen LogP contribution in [-0.2, 0) is 14.8 Å². The lowest BCUT2D eigenvalue weighted by atomic mass is 10.1. The van der Waals surface area contributed by atoms with Crippen molar-refractivity contribution in [3.63, 3.8) is 0 Å². The molecule has 0 aromatic heterocycles. The summed E-state index contributed by atoms with van der Waals surface area (Å²) in [6.45, 7) is 2.92. The van der Waals surface area contributed by atoms with Gasteiger partial charge in [0.25, 0.3) is 5.69 Å². The third-order valence-corrected chi connectivity index (χ3v) is 7.04. The standard InChI is InChI=1S/C19H21ClN4O5S/c1-14-17(6-3-7-18(14)24(26)27)21-19(25)13-22-8-10-23(11-9-22)30(28,29)16-5-2-4-15(20)12-16/h2-7,12H,8-11,13H2,1H3,(H,21,25). The molecule has 1 heterocycles. The van der Waals surface area contributed by atoms with Gasteiger partial charge in [0.15, 0.2) is 0 Å². The van der Waals surface area contributed by atoms with Gasteiger partial charge in [-0.2, -0.15) is 4.31 Å². The molecular formula is C19H21ClN4O5S. The van der Waals surface area contributed by atoms with E-state index in [0.717, 1.165) is 0 Å². The van der Waals surface area contributed by atoms with Crippen molar-refractivity contribution in [1.82, 2.24) is 9.21 Å². The van der Waals surface area contributed by atoms with Crippen molar-refractivity contribution >= 4 is 38.9 Å². The minimum atomic E-state index is -3.65. The lowest BCUT2D eigenvalue weighted by Crippen LogP contribution is -2.50. The minimum Gasteiger partial charge on any atom is -0.324 e. The van der Waals surface area contributed by atoms with Gasteiger partial charge in [0.2, 0.25) is 15.9 Å². The highest BCUT2D eigenvalue weighted by Gasteiger charge is 2.29. The SMILES string of the molecule is Cc1c(NC(=O)CN2CCN(S(=O)(=O)c3cccc(Cl)c3)CC2)cccc1[N+](=O)[O-]. The Morgan fingerprint density at radius 2 is 1.83 bits per heavy atom. The van der Waals surface area contributed by atoms with Gasteiger partial charge in [-0.25, -0.2) is 8.42 Å². The first-order valence-corrected chi connectivity index (χ1v) is 11.0. The fourth-order valence-corrected chi connectivity index (χ4v) is 4.98. The zero-order valence-electron chi connectivity index (χ0n) is 16.2. The van der Waals surface area contributed by atoms with Crippen molar-refractivity contribution in [3.05, 3.63) is 63.2 Å². The smallest absolute Gasteiger partial charge is 0.274 e. The Balaban J connectivity index is 1.58. The molecule has 0 spiro atoms. The van der Waals surface area contributed by atoms with Crippen molar-refractivity contribution < 1.29 is 18.1 Å². The molecular weight excluding hydrogens is 432 g/mol. The first-order chi connectivity index (χ1) is 14.2. The summed E-state index contributed by atoms with van der Waals surface area (Å²) in [5.74, 6) is -0.315. The van der Waals surface area contributed by atoms with Gasteiger partial charge in [0.1, 0.15) is 0 Å². The van der Waals surface area contributed by atoms with Crippen LogP contribution in [0.25, 0.3) is 0 Å². The van der Waals surface area contributed by atoms with Crippen molar-refractivity contribution in [2.45, 2.75) is 11.8 Å². The molecule has 1 amide bonds. The normalized spacial score (nSPS) is 15.7. The summed E-state index contributed by atoms with van der Waals surface area (Å²) < 4.78 is 26.9. The Labute approximate surface area is 179 Å². The maximum atomic E-state index is 12.7. The molecule has 11 heteroatoms. The number of carbonyl (C=O) groups excluding carboxylic acids is 1. The van der Waals surface area contributed by atoms with Crippen LogP contribution in [-0.4, -0.2) is 61.2 Å². The van der Waals surface area contributed by atoms with Crippen molar-refractivity contribution in [2.24, 2.45) is 0 Å². The number of benzene rings is 2. The van der Waals surface area contributed by atoms with Crippen LogP contribution in [0.1, 0.15) is 5.56 Å². The van der Waals surface area contributed by atoms with Crippen molar-refractivity contribution in [1.29, 1.82) is 0 Å². The first-order valence-electron chi connectivity index (χ1n) is 9.20. The summed E-state index contributed by atoms with van der Waals surface area (Å²) in [5, 5.41) is 14.1. The molecule has 0 saturated carbocycles. The molecule has 1 fully saturated rings. The highest BCUT2D eigenvalue weighted by atomic mass is 35.5. The third kappa shape index (κ3) is 4.96. The number of amides is 1. The van der Waals surface area contributed by atoms with Gasteiger partial charge in [-0.1, -0.05) is 23.7 Å².